The van der Waals surface area contributed by atoms with Crippen molar-refractivity contribution in [2.45, 2.75) is 32.7 Å². The summed E-state index contributed by atoms with van der Waals surface area (Å²) in [5, 5.41) is 3.56. The van der Waals surface area contributed by atoms with Crippen LogP contribution in [0.5, 0.6) is 0 Å². The molecule has 0 saturated carbocycles. The van der Waals surface area contributed by atoms with Crippen molar-refractivity contribution in [3.63, 3.8) is 0 Å². The van der Waals surface area contributed by atoms with Crippen molar-refractivity contribution in [2.75, 3.05) is 19.6 Å². The van der Waals surface area contributed by atoms with Crippen LogP contribution in [0.3, 0.4) is 0 Å². The lowest BCUT2D eigenvalue weighted by Crippen LogP contribution is -2.41. The van der Waals surface area contributed by atoms with Gasteiger partial charge in [0.2, 0.25) is 0 Å². The monoisotopic (exact) mass is 182 g/mol. The Morgan fingerprint density at radius 1 is 1.54 bits per heavy atom. The third-order valence-electron chi connectivity index (χ3n) is 2.83. The maximum Gasteiger partial charge on any atom is 0.0385 e. The third kappa shape index (κ3) is 3.25. The first-order valence-corrected chi connectivity index (χ1v) is 4.99. The first-order chi connectivity index (χ1) is 6.24. The Kier molecular flexibility index (Phi) is 4.06. The first-order valence-electron chi connectivity index (χ1n) is 4.99. The maximum absolute atomic E-state index is 8.14. The average Bonchev–Trinajstić information content (AvgIpc) is 2.09. The van der Waals surface area contributed by atoms with Crippen LogP contribution < -0.4 is 0 Å². The van der Waals surface area contributed by atoms with Crippen molar-refractivity contribution in [3.8, 4) is 0 Å². The second-order valence-corrected chi connectivity index (χ2v) is 3.97. The minimum absolute atomic E-state index is 0.606. The number of likely N-dealkylation sites (tertiary alicyclic amines) is 1. The molecule has 0 aromatic heterocycles. The van der Waals surface area contributed by atoms with Crippen molar-refractivity contribution in [1.82, 2.24) is 4.90 Å². The van der Waals surface area contributed by atoms with Gasteiger partial charge < -0.3 is 4.90 Å². The SMILES string of the molecule is CC1CCN(CCN=[N+]=[N-])C(C)C1. The lowest BCUT2D eigenvalue weighted by atomic mass is 9.93. The summed E-state index contributed by atoms with van der Waals surface area (Å²) in [5.41, 5.74) is 8.14. The van der Waals surface area contributed by atoms with Crippen molar-refractivity contribution in [2.24, 2.45) is 11.0 Å². The highest BCUT2D eigenvalue weighted by molar-refractivity contribution is 4.77. The maximum atomic E-state index is 8.14. The number of rotatable bonds is 3. The molecular formula is C9H18N4. The van der Waals surface area contributed by atoms with E-state index in [1.165, 1.54) is 12.8 Å². The van der Waals surface area contributed by atoms with E-state index in [1.54, 1.807) is 0 Å². The molecule has 2 unspecified atom stereocenters. The minimum Gasteiger partial charge on any atom is -0.301 e. The molecule has 4 heteroatoms. The van der Waals surface area contributed by atoms with E-state index in [1.807, 2.05) is 0 Å². The molecule has 0 radical (unpaired) electrons. The summed E-state index contributed by atoms with van der Waals surface area (Å²) < 4.78 is 0. The number of hydrogen-bond donors (Lipinski definition) is 0. The van der Waals surface area contributed by atoms with Crippen LogP contribution in [-0.2, 0) is 0 Å². The molecule has 1 aliphatic heterocycles. The second kappa shape index (κ2) is 5.10. The molecule has 1 heterocycles. The zero-order valence-electron chi connectivity index (χ0n) is 8.48. The zero-order valence-corrected chi connectivity index (χ0v) is 8.48. The summed E-state index contributed by atoms with van der Waals surface area (Å²) in [5.74, 6) is 0.853. The number of hydrogen-bond acceptors (Lipinski definition) is 2. The fraction of sp³-hybridized carbons (Fsp3) is 1.00. The van der Waals surface area contributed by atoms with E-state index in [0.717, 1.165) is 19.0 Å². The Hall–Kier alpha value is -0.730. The molecule has 1 fully saturated rings. The number of nitrogens with zero attached hydrogens (tertiary/aromatic N) is 4. The van der Waals surface area contributed by atoms with E-state index in [4.69, 9.17) is 5.53 Å². The molecule has 74 valence electrons. The minimum atomic E-state index is 0.606. The van der Waals surface area contributed by atoms with Gasteiger partial charge in [-0.3, -0.25) is 0 Å². The van der Waals surface area contributed by atoms with Gasteiger partial charge in [0, 0.05) is 24.0 Å². The molecular weight excluding hydrogens is 164 g/mol. The Morgan fingerprint density at radius 2 is 2.31 bits per heavy atom. The van der Waals surface area contributed by atoms with Gasteiger partial charge in [-0.15, -0.1) is 0 Å². The molecule has 1 rings (SSSR count). The van der Waals surface area contributed by atoms with E-state index < -0.39 is 0 Å². The van der Waals surface area contributed by atoms with Crippen molar-refractivity contribution in [1.29, 1.82) is 0 Å². The van der Waals surface area contributed by atoms with Gasteiger partial charge in [-0.05, 0) is 37.8 Å². The highest BCUT2D eigenvalue weighted by Crippen LogP contribution is 2.21. The average molecular weight is 182 g/mol. The van der Waals surface area contributed by atoms with E-state index in [9.17, 15) is 0 Å². The van der Waals surface area contributed by atoms with Gasteiger partial charge >= 0.3 is 0 Å². The molecule has 0 aromatic rings. The van der Waals surface area contributed by atoms with Crippen LogP contribution in [-0.4, -0.2) is 30.6 Å². The Bertz CT molecular complexity index is 198. The highest BCUT2D eigenvalue weighted by atomic mass is 15.2. The van der Waals surface area contributed by atoms with Crippen LogP contribution in [0.15, 0.2) is 5.11 Å². The van der Waals surface area contributed by atoms with E-state index in [-0.39, 0.29) is 0 Å². The smallest absolute Gasteiger partial charge is 0.0385 e. The Morgan fingerprint density at radius 3 is 2.92 bits per heavy atom. The summed E-state index contributed by atoms with van der Waals surface area (Å²) in [6.07, 6.45) is 2.55. The van der Waals surface area contributed by atoms with Gasteiger partial charge in [-0.1, -0.05) is 12.0 Å². The summed E-state index contributed by atoms with van der Waals surface area (Å²) >= 11 is 0. The molecule has 0 aliphatic carbocycles. The molecule has 0 N–H and O–H groups in total. The van der Waals surface area contributed by atoms with Crippen LogP contribution in [0.4, 0.5) is 0 Å². The van der Waals surface area contributed by atoms with Gasteiger partial charge in [-0.25, -0.2) is 0 Å². The zero-order chi connectivity index (χ0) is 9.68. The quantitative estimate of drug-likeness (QED) is 0.375. The van der Waals surface area contributed by atoms with Crippen LogP contribution in [0.1, 0.15) is 26.7 Å². The summed E-state index contributed by atoms with van der Waals surface area (Å²) in [6, 6.07) is 0.651. The summed E-state index contributed by atoms with van der Waals surface area (Å²) in [6.45, 7) is 7.24. The molecule has 1 saturated heterocycles. The normalized spacial score (nSPS) is 29.7. The molecule has 2 atom stereocenters. The van der Waals surface area contributed by atoms with Crippen LogP contribution >= 0.6 is 0 Å². The predicted octanol–water partition coefficient (Wildman–Crippen LogP) is 2.42. The third-order valence-corrected chi connectivity index (χ3v) is 2.83. The summed E-state index contributed by atoms with van der Waals surface area (Å²) in [4.78, 5) is 5.17. The number of piperidine rings is 1. The molecule has 0 amide bonds. The van der Waals surface area contributed by atoms with Crippen molar-refractivity contribution >= 4 is 0 Å². The molecule has 1 aliphatic rings. The standard InChI is InChI=1S/C9H18N4/c1-8-3-5-13(9(2)7-8)6-4-11-12-10/h8-9H,3-7H2,1-2H3. The predicted molar refractivity (Wildman–Crippen MR) is 53.4 cm³/mol. The Labute approximate surface area is 79.5 Å². The molecule has 0 spiro atoms. The lowest BCUT2D eigenvalue weighted by molar-refractivity contribution is 0.133. The molecule has 0 aromatic carbocycles. The largest absolute Gasteiger partial charge is 0.301 e. The fourth-order valence-corrected chi connectivity index (χ4v) is 2.01. The van der Waals surface area contributed by atoms with Crippen molar-refractivity contribution < 1.29 is 0 Å². The van der Waals surface area contributed by atoms with Gasteiger partial charge in [0.05, 0.1) is 0 Å². The fourth-order valence-electron chi connectivity index (χ4n) is 2.01. The van der Waals surface area contributed by atoms with Crippen LogP contribution in [0.2, 0.25) is 0 Å². The first kappa shape index (κ1) is 10.4. The van der Waals surface area contributed by atoms with Gasteiger partial charge in [-0.2, -0.15) is 0 Å². The molecule has 0 bridgehead atoms. The lowest BCUT2D eigenvalue weighted by Gasteiger charge is -2.36. The topological polar surface area (TPSA) is 52.0 Å². The van der Waals surface area contributed by atoms with E-state index in [0.29, 0.717) is 12.6 Å². The van der Waals surface area contributed by atoms with Crippen molar-refractivity contribution in [3.05, 3.63) is 10.4 Å². The van der Waals surface area contributed by atoms with E-state index >= 15 is 0 Å². The van der Waals surface area contributed by atoms with Gasteiger partial charge in [0.1, 0.15) is 0 Å². The Balaban J connectivity index is 2.29. The number of azide groups is 1. The second-order valence-electron chi connectivity index (χ2n) is 3.97. The van der Waals surface area contributed by atoms with Crippen LogP contribution in [0, 0.1) is 5.92 Å². The molecule has 4 nitrogen and oxygen atoms in total. The highest BCUT2D eigenvalue weighted by Gasteiger charge is 2.21. The molecule has 13 heavy (non-hydrogen) atoms. The van der Waals surface area contributed by atoms with E-state index in [2.05, 4.69) is 28.8 Å². The van der Waals surface area contributed by atoms with Crippen LogP contribution in [0.25, 0.3) is 10.4 Å². The van der Waals surface area contributed by atoms with Gasteiger partial charge in [0.25, 0.3) is 0 Å². The van der Waals surface area contributed by atoms with Gasteiger partial charge in [0.15, 0.2) is 0 Å². The summed E-state index contributed by atoms with van der Waals surface area (Å²) in [7, 11) is 0.